The number of nitrogens with zero attached hydrogens (tertiary/aromatic N) is 3. The molecule has 3 N–H and O–H groups in total. The Morgan fingerprint density at radius 3 is 2.50 bits per heavy atom. The lowest BCUT2D eigenvalue weighted by Gasteiger charge is -2.35. The molecule has 1 aromatic heterocycles. The van der Waals surface area contributed by atoms with Crippen LogP contribution in [0.15, 0.2) is 30.5 Å². The first kappa shape index (κ1) is 24.1. The highest BCUT2D eigenvalue weighted by molar-refractivity contribution is 6.01. The van der Waals surface area contributed by atoms with Crippen LogP contribution in [0.1, 0.15) is 35.3 Å². The maximum atomic E-state index is 13.7. The van der Waals surface area contributed by atoms with Crippen molar-refractivity contribution in [1.82, 2.24) is 19.7 Å². The fourth-order valence-electron chi connectivity index (χ4n) is 4.63. The smallest absolute Gasteiger partial charge is 0.366 e. The van der Waals surface area contributed by atoms with Gasteiger partial charge in [0.05, 0.1) is 24.2 Å². The fourth-order valence-corrected chi connectivity index (χ4v) is 4.63. The van der Waals surface area contributed by atoms with Crippen LogP contribution in [-0.4, -0.2) is 64.7 Å². The highest BCUT2D eigenvalue weighted by atomic mass is 19.4. The van der Waals surface area contributed by atoms with Crippen molar-refractivity contribution >= 4 is 11.9 Å². The third-order valence-electron chi connectivity index (χ3n) is 6.44. The number of hydrogen-bond donors (Lipinski definition) is 2. The maximum absolute atomic E-state index is 13.7. The Kier molecular flexibility index (Phi) is 6.83. The number of piperidine rings is 1. The van der Waals surface area contributed by atoms with Crippen LogP contribution in [0, 0.1) is 5.82 Å². The molecule has 1 fully saturated rings. The molecule has 2 aromatic rings. The number of primary amides is 1. The number of alkyl halides is 3. The lowest BCUT2D eigenvalue weighted by atomic mass is 10.0. The van der Waals surface area contributed by atoms with Gasteiger partial charge in [0.25, 0.3) is 5.91 Å². The predicted molar refractivity (Wildman–Crippen MR) is 117 cm³/mol. The van der Waals surface area contributed by atoms with E-state index in [9.17, 15) is 27.2 Å². The van der Waals surface area contributed by atoms with E-state index in [1.165, 1.54) is 12.1 Å². The zero-order valence-corrected chi connectivity index (χ0v) is 18.6. The van der Waals surface area contributed by atoms with Gasteiger partial charge in [0, 0.05) is 50.5 Å². The summed E-state index contributed by atoms with van der Waals surface area (Å²) in [6.45, 7) is 1.99. The fraction of sp³-hybridized carbons (Fsp3) is 0.478. The van der Waals surface area contributed by atoms with E-state index in [0.717, 1.165) is 0 Å². The summed E-state index contributed by atoms with van der Waals surface area (Å²) in [7, 11) is 0. The Morgan fingerprint density at radius 2 is 1.85 bits per heavy atom. The van der Waals surface area contributed by atoms with Gasteiger partial charge >= 0.3 is 12.2 Å². The highest BCUT2D eigenvalue weighted by Crippen LogP contribution is 2.31. The van der Waals surface area contributed by atoms with Crippen LogP contribution in [0.4, 0.5) is 22.4 Å². The van der Waals surface area contributed by atoms with E-state index in [2.05, 4.69) is 5.32 Å². The zero-order chi connectivity index (χ0) is 24.5. The normalized spacial score (nSPS) is 17.5. The number of hydrogen-bond acceptors (Lipinski definition) is 3. The van der Waals surface area contributed by atoms with Gasteiger partial charge in [-0.1, -0.05) is 12.1 Å². The number of aromatic nitrogens is 1. The molecule has 2 aliphatic heterocycles. The van der Waals surface area contributed by atoms with Crippen molar-refractivity contribution in [1.29, 1.82) is 0 Å². The average molecular weight is 481 g/mol. The first-order valence-corrected chi connectivity index (χ1v) is 11.2. The summed E-state index contributed by atoms with van der Waals surface area (Å²) in [6.07, 6.45) is -2.10. The van der Waals surface area contributed by atoms with Gasteiger partial charge in [-0.05, 0) is 30.5 Å². The van der Waals surface area contributed by atoms with Gasteiger partial charge in [0.2, 0.25) is 0 Å². The molecule has 0 spiro atoms. The van der Waals surface area contributed by atoms with Gasteiger partial charge in [-0.25, -0.2) is 9.18 Å². The summed E-state index contributed by atoms with van der Waals surface area (Å²) in [5.41, 5.74) is 7.57. The average Bonchev–Trinajstić information content (AvgIpc) is 3.17. The number of nitrogens with one attached hydrogen (secondary N) is 1. The minimum Gasteiger partial charge on any atom is -0.366 e. The summed E-state index contributed by atoms with van der Waals surface area (Å²) in [6, 6.07) is 5.49. The van der Waals surface area contributed by atoms with Crippen molar-refractivity contribution in [3.8, 4) is 11.1 Å². The van der Waals surface area contributed by atoms with Crippen molar-refractivity contribution in [2.45, 2.75) is 44.6 Å². The van der Waals surface area contributed by atoms with Crippen molar-refractivity contribution in [3.63, 3.8) is 0 Å². The van der Waals surface area contributed by atoms with Crippen LogP contribution in [0.3, 0.4) is 0 Å². The number of likely N-dealkylation sites (tertiary alicyclic amines) is 1. The lowest BCUT2D eigenvalue weighted by Crippen LogP contribution is -2.51. The van der Waals surface area contributed by atoms with E-state index in [0.29, 0.717) is 55.8 Å². The summed E-state index contributed by atoms with van der Waals surface area (Å²) < 4.78 is 52.9. The van der Waals surface area contributed by atoms with Gasteiger partial charge in [0.15, 0.2) is 0 Å². The predicted octanol–water partition coefficient (Wildman–Crippen LogP) is 3.34. The molecule has 184 valence electrons. The molecule has 0 unspecified atom stereocenters. The standard InChI is InChI=1S/C23H27F4N5O2/c24-16-3-1-2-15(12-16)18-13-31-10-11-32(14-19(31)20(18)21(28)33)22(34)29-17-4-7-30(8-5-17)9-6-23(25,26)27/h1-3,12-13,17H,4-11,14H2,(H2,28,33)(H,29,34). The molecular formula is C23H27F4N5O2. The van der Waals surface area contributed by atoms with Crippen LogP contribution in [-0.2, 0) is 13.1 Å². The topological polar surface area (TPSA) is 83.6 Å². The minimum atomic E-state index is -4.17. The number of benzene rings is 1. The van der Waals surface area contributed by atoms with Gasteiger partial charge < -0.3 is 25.4 Å². The van der Waals surface area contributed by atoms with Gasteiger partial charge in [-0.3, -0.25) is 4.79 Å². The molecule has 3 heterocycles. The molecule has 0 aliphatic carbocycles. The summed E-state index contributed by atoms with van der Waals surface area (Å²) in [5.74, 6) is -1.08. The molecule has 0 saturated carbocycles. The summed E-state index contributed by atoms with van der Waals surface area (Å²) in [5, 5.41) is 2.97. The molecule has 4 rings (SSSR count). The van der Waals surface area contributed by atoms with Crippen LogP contribution < -0.4 is 11.1 Å². The molecule has 0 bridgehead atoms. The largest absolute Gasteiger partial charge is 0.390 e. The minimum absolute atomic E-state index is 0.0309. The molecule has 11 heteroatoms. The first-order chi connectivity index (χ1) is 16.1. The van der Waals surface area contributed by atoms with Crippen LogP contribution in [0.5, 0.6) is 0 Å². The first-order valence-electron chi connectivity index (χ1n) is 11.2. The number of urea groups is 1. The van der Waals surface area contributed by atoms with E-state index in [-0.39, 0.29) is 30.7 Å². The molecule has 2 aliphatic rings. The Bertz CT molecular complexity index is 1060. The monoisotopic (exact) mass is 481 g/mol. The molecular weight excluding hydrogens is 454 g/mol. The number of amides is 3. The summed E-state index contributed by atoms with van der Waals surface area (Å²) >= 11 is 0. The highest BCUT2D eigenvalue weighted by Gasteiger charge is 2.31. The Labute approximate surface area is 194 Å². The van der Waals surface area contributed by atoms with Crippen molar-refractivity contribution in [2.24, 2.45) is 5.73 Å². The van der Waals surface area contributed by atoms with Crippen LogP contribution in [0.2, 0.25) is 0 Å². The van der Waals surface area contributed by atoms with Gasteiger partial charge in [-0.15, -0.1) is 0 Å². The lowest BCUT2D eigenvalue weighted by molar-refractivity contribution is -0.138. The quantitative estimate of drug-likeness (QED) is 0.643. The van der Waals surface area contributed by atoms with Crippen molar-refractivity contribution in [2.75, 3.05) is 26.2 Å². The molecule has 0 radical (unpaired) electrons. The SMILES string of the molecule is NC(=O)c1c(-c2cccc(F)c2)cn2c1CN(C(=O)NC1CCN(CCC(F)(F)F)CC1)CC2. The Hall–Kier alpha value is -3.08. The van der Waals surface area contributed by atoms with Crippen LogP contribution in [0.25, 0.3) is 11.1 Å². The summed E-state index contributed by atoms with van der Waals surface area (Å²) in [4.78, 5) is 28.5. The molecule has 7 nitrogen and oxygen atoms in total. The molecule has 34 heavy (non-hydrogen) atoms. The van der Waals surface area contributed by atoms with Crippen molar-refractivity contribution < 1.29 is 27.2 Å². The van der Waals surface area contributed by atoms with E-state index >= 15 is 0 Å². The van der Waals surface area contributed by atoms with E-state index in [1.807, 2.05) is 4.57 Å². The van der Waals surface area contributed by atoms with Crippen molar-refractivity contribution in [3.05, 3.63) is 47.5 Å². The number of carbonyl (C=O) groups excluding carboxylic acids is 2. The second-order valence-electron chi connectivity index (χ2n) is 8.78. The number of halogens is 4. The number of rotatable bonds is 5. The Balaban J connectivity index is 1.39. The maximum Gasteiger partial charge on any atom is 0.390 e. The van der Waals surface area contributed by atoms with Gasteiger partial charge in [-0.2, -0.15) is 13.2 Å². The second kappa shape index (κ2) is 9.65. The van der Waals surface area contributed by atoms with E-state index in [1.54, 1.807) is 28.1 Å². The second-order valence-corrected chi connectivity index (χ2v) is 8.78. The molecule has 1 saturated heterocycles. The molecule has 0 atom stereocenters. The molecule has 1 aromatic carbocycles. The van der Waals surface area contributed by atoms with Crippen LogP contribution >= 0.6 is 0 Å². The van der Waals surface area contributed by atoms with E-state index < -0.39 is 24.3 Å². The Morgan fingerprint density at radius 1 is 1.12 bits per heavy atom. The van der Waals surface area contributed by atoms with E-state index in [4.69, 9.17) is 5.73 Å². The number of fused-ring (bicyclic) bond motifs is 1. The third-order valence-corrected chi connectivity index (χ3v) is 6.44. The zero-order valence-electron chi connectivity index (χ0n) is 18.6. The van der Waals surface area contributed by atoms with Gasteiger partial charge in [0.1, 0.15) is 5.82 Å². The third kappa shape index (κ3) is 5.52. The number of carbonyl (C=O) groups is 2. The number of nitrogens with two attached hydrogens (primary N) is 1. The molecule has 3 amide bonds.